The third-order valence-corrected chi connectivity index (χ3v) is 2.42. The molecule has 0 aliphatic heterocycles. The molecule has 1 atom stereocenters. The maximum Gasteiger partial charge on any atom is 0.320 e. The highest BCUT2D eigenvalue weighted by atomic mass is 16.4. The SMILES string of the molecule is CCCC(NC1CCC1)C(=O)O. The quantitative estimate of drug-likeness (QED) is 0.657. The Hall–Kier alpha value is -0.570. The first-order valence-electron chi connectivity index (χ1n) is 4.73. The molecule has 3 nitrogen and oxygen atoms in total. The van der Waals surface area contributed by atoms with E-state index in [0.29, 0.717) is 6.04 Å². The Kier molecular flexibility index (Phi) is 3.53. The fourth-order valence-electron chi connectivity index (χ4n) is 1.43. The van der Waals surface area contributed by atoms with Gasteiger partial charge in [0.25, 0.3) is 0 Å². The van der Waals surface area contributed by atoms with Crippen LogP contribution in [0.3, 0.4) is 0 Å². The Morgan fingerprint density at radius 1 is 1.67 bits per heavy atom. The van der Waals surface area contributed by atoms with Gasteiger partial charge in [-0.15, -0.1) is 0 Å². The maximum atomic E-state index is 10.7. The first-order chi connectivity index (χ1) is 5.74. The van der Waals surface area contributed by atoms with Gasteiger partial charge in [-0.2, -0.15) is 0 Å². The Morgan fingerprint density at radius 3 is 2.67 bits per heavy atom. The predicted molar refractivity (Wildman–Crippen MR) is 47.1 cm³/mol. The standard InChI is InChI=1S/C9H17NO2/c1-2-4-8(9(11)12)10-7-5-3-6-7/h7-8,10H,2-6H2,1H3,(H,11,12). The summed E-state index contributed by atoms with van der Waals surface area (Å²) in [5.41, 5.74) is 0. The molecule has 0 saturated heterocycles. The van der Waals surface area contributed by atoms with Crippen LogP contribution in [-0.2, 0) is 4.79 Å². The summed E-state index contributed by atoms with van der Waals surface area (Å²) in [5.74, 6) is -0.705. The van der Waals surface area contributed by atoms with Gasteiger partial charge in [0.2, 0.25) is 0 Å². The van der Waals surface area contributed by atoms with Gasteiger partial charge in [-0.3, -0.25) is 4.79 Å². The van der Waals surface area contributed by atoms with Gasteiger partial charge in [0.1, 0.15) is 6.04 Å². The van der Waals surface area contributed by atoms with Crippen molar-refractivity contribution >= 4 is 5.97 Å². The van der Waals surface area contributed by atoms with E-state index in [4.69, 9.17) is 5.11 Å². The van der Waals surface area contributed by atoms with Crippen molar-refractivity contribution in [1.29, 1.82) is 0 Å². The second-order valence-electron chi connectivity index (χ2n) is 3.47. The lowest BCUT2D eigenvalue weighted by Gasteiger charge is -2.29. The van der Waals surface area contributed by atoms with Crippen molar-refractivity contribution in [1.82, 2.24) is 5.32 Å². The lowest BCUT2D eigenvalue weighted by atomic mass is 9.92. The highest BCUT2D eigenvalue weighted by Gasteiger charge is 2.24. The number of hydrogen-bond donors (Lipinski definition) is 2. The molecule has 1 aliphatic rings. The lowest BCUT2D eigenvalue weighted by molar-refractivity contribution is -0.140. The van der Waals surface area contributed by atoms with Crippen LogP contribution < -0.4 is 5.32 Å². The number of carbonyl (C=O) groups is 1. The first kappa shape index (κ1) is 9.52. The molecule has 70 valence electrons. The van der Waals surface area contributed by atoms with Crippen LogP contribution in [0.5, 0.6) is 0 Å². The molecule has 0 aromatic heterocycles. The molecule has 1 fully saturated rings. The molecule has 12 heavy (non-hydrogen) atoms. The van der Waals surface area contributed by atoms with Crippen molar-refractivity contribution in [3.63, 3.8) is 0 Å². The molecule has 0 amide bonds. The molecule has 0 aromatic carbocycles. The summed E-state index contributed by atoms with van der Waals surface area (Å²) >= 11 is 0. The van der Waals surface area contributed by atoms with Crippen LogP contribution in [0.25, 0.3) is 0 Å². The molecule has 1 unspecified atom stereocenters. The molecule has 1 rings (SSSR count). The minimum Gasteiger partial charge on any atom is -0.480 e. The van der Waals surface area contributed by atoms with Crippen LogP contribution in [0, 0.1) is 0 Å². The molecule has 0 bridgehead atoms. The second kappa shape index (κ2) is 4.45. The lowest BCUT2D eigenvalue weighted by Crippen LogP contribution is -2.46. The van der Waals surface area contributed by atoms with E-state index >= 15 is 0 Å². The smallest absolute Gasteiger partial charge is 0.320 e. The average Bonchev–Trinajstić information content (AvgIpc) is 1.93. The average molecular weight is 171 g/mol. The van der Waals surface area contributed by atoms with Gasteiger partial charge in [-0.1, -0.05) is 19.8 Å². The maximum absolute atomic E-state index is 10.7. The molecule has 2 N–H and O–H groups in total. The number of hydrogen-bond acceptors (Lipinski definition) is 2. The van der Waals surface area contributed by atoms with E-state index in [-0.39, 0.29) is 6.04 Å². The fraction of sp³-hybridized carbons (Fsp3) is 0.889. The highest BCUT2D eigenvalue weighted by molar-refractivity contribution is 5.73. The van der Waals surface area contributed by atoms with Crippen LogP contribution in [-0.4, -0.2) is 23.2 Å². The molecular weight excluding hydrogens is 154 g/mol. The van der Waals surface area contributed by atoms with Crippen molar-refractivity contribution < 1.29 is 9.90 Å². The summed E-state index contributed by atoms with van der Waals surface area (Å²) in [6, 6.07) is 0.151. The van der Waals surface area contributed by atoms with E-state index in [9.17, 15) is 4.79 Å². The van der Waals surface area contributed by atoms with Crippen LogP contribution in [0.1, 0.15) is 39.0 Å². The van der Waals surface area contributed by atoms with Crippen LogP contribution in [0.2, 0.25) is 0 Å². The Labute approximate surface area is 73.2 Å². The van der Waals surface area contributed by atoms with Gasteiger partial charge in [0, 0.05) is 6.04 Å². The third kappa shape index (κ3) is 2.48. The number of carboxylic acids is 1. The minimum absolute atomic E-state index is 0.319. The summed E-state index contributed by atoms with van der Waals surface area (Å²) in [5, 5.41) is 12.0. The molecule has 3 heteroatoms. The largest absolute Gasteiger partial charge is 0.480 e. The zero-order valence-electron chi connectivity index (χ0n) is 7.55. The number of rotatable bonds is 5. The molecule has 0 spiro atoms. The van der Waals surface area contributed by atoms with Crippen LogP contribution in [0.4, 0.5) is 0 Å². The Bertz CT molecular complexity index is 155. The highest BCUT2D eigenvalue weighted by Crippen LogP contribution is 2.19. The van der Waals surface area contributed by atoms with E-state index in [2.05, 4.69) is 5.32 Å². The zero-order chi connectivity index (χ0) is 8.97. The van der Waals surface area contributed by atoms with Crippen LogP contribution in [0.15, 0.2) is 0 Å². The molecule has 0 heterocycles. The number of carboxylic acid groups (broad SMARTS) is 1. The molecule has 0 radical (unpaired) electrons. The summed E-state index contributed by atoms with van der Waals surface area (Å²) < 4.78 is 0. The van der Waals surface area contributed by atoms with E-state index in [1.165, 1.54) is 6.42 Å². The number of aliphatic carboxylic acids is 1. The van der Waals surface area contributed by atoms with E-state index in [1.807, 2.05) is 6.92 Å². The normalized spacial score (nSPS) is 20.1. The molecule has 1 aliphatic carbocycles. The van der Waals surface area contributed by atoms with E-state index in [0.717, 1.165) is 25.7 Å². The Balaban J connectivity index is 2.26. The topological polar surface area (TPSA) is 49.3 Å². The van der Waals surface area contributed by atoms with Crippen molar-refractivity contribution in [2.45, 2.75) is 51.1 Å². The van der Waals surface area contributed by atoms with Crippen molar-refractivity contribution in [3.05, 3.63) is 0 Å². The minimum atomic E-state index is -0.705. The van der Waals surface area contributed by atoms with Crippen molar-refractivity contribution in [2.24, 2.45) is 0 Å². The summed E-state index contributed by atoms with van der Waals surface area (Å²) in [6.07, 6.45) is 5.21. The molecular formula is C9H17NO2. The van der Waals surface area contributed by atoms with Crippen molar-refractivity contribution in [2.75, 3.05) is 0 Å². The monoisotopic (exact) mass is 171 g/mol. The zero-order valence-corrected chi connectivity index (χ0v) is 7.55. The Morgan fingerprint density at radius 2 is 2.33 bits per heavy atom. The third-order valence-electron chi connectivity index (χ3n) is 2.42. The second-order valence-corrected chi connectivity index (χ2v) is 3.47. The fourth-order valence-corrected chi connectivity index (χ4v) is 1.43. The van der Waals surface area contributed by atoms with Gasteiger partial charge in [-0.25, -0.2) is 0 Å². The van der Waals surface area contributed by atoms with Gasteiger partial charge < -0.3 is 10.4 Å². The summed E-state index contributed by atoms with van der Waals surface area (Å²) in [4.78, 5) is 10.7. The molecule has 0 aromatic rings. The van der Waals surface area contributed by atoms with Gasteiger partial charge in [0.05, 0.1) is 0 Å². The van der Waals surface area contributed by atoms with Gasteiger partial charge in [-0.05, 0) is 19.3 Å². The van der Waals surface area contributed by atoms with Gasteiger partial charge >= 0.3 is 5.97 Å². The summed E-state index contributed by atoms with van der Waals surface area (Å²) in [6.45, 7) is 2.01. The predicted octanol–water partition coefficient (Wildman–Crippen LogP) is 1.38. The van der Waals surface area contributed by atoms with Crippen LogP contribution >= 0.6 is 0 Å². The number of nitrogens with one attached hydrogen (secondary N) is 1. The first-order valence-corrected chi connectivity index (χ1v) is 4.73. The van der Waals surface area contributed by atoms with Gasteiger partial charge in [0.15, 0.2) is 0 Å². The van der Waals surface area contributed by atoms with E-state index in [1.54, 1.807) is 0 Å². The molecule has 1 saturated carbocycles. The van der Waals surface area contributed by atoms with E-state index < -0.39 is 5.97 Å². The summed E-state index contributed by atoms with van der Waals surface area (Å²) in [7, 11) is 0. The van der Waals surface area contributed by atoms with Crippen molar-refractivity contribution in [3.8, 4) is 0 Å².